The van der Waals surface area contributed by atoms with Crippen LogP contribution in [0.4, 0.5) is 5.69 Å². The van der Waals surface area contributed by atoms with Crippen LogP contribution in [-0.4, -0.2) is 56.0 Å². The van der Waals surface area contributed by atoms with Crippen molar-refractivity contribution in [1.29, 1.82) is 0 Å². The van der Waals surface area contributed by atoms with Gasteiger partial charge in [0.05, 0.1) is 35.0 Å². The number of pyridine rings is 1. The summed E-state index contributed by atoms with van der Waals surface area (Å²) in [5.74, 6) is 2.62. The van der Waals surface area contributed by atoms with E-state index in [0.29, 0.717) is 24.1 Å². The van der Waals surface area contributed by atoms with E-state index in [4.69, 9.17) is 21.3 Å². The molecule has 2 aromatic carbocycles. The van der Waals surface area contributed by atoms with E-state index in [-0.39, 0.29) is 5.92 Å². The van der Waals surface area contributed by atoms with Gasteiger partial charge in [0.25, 0.3) is 0 Å². The smallest absolute Gasteiger partial charge is 0.163 e. The number of morpholine rings is 1. The lowest BCUT2D eigenvalue weighted by atomic mass is 10.1. The molecule has 1 saturated heterocycles. The number of aryl methyl sites for hydroxylation is 1. The standard InChI is InChI=1S/C26H26ClN7O/c1-15(2)26-30-24-19(25-29-16(3)31-32-25)13-17(33-9-11-35-12-10-33)14-22(24)34(26)21-7-8-28-23-18(21)5-4-6-20(23)27/h4-8,13-15H,9-12H2,1-3H3,(H,29,31,32). The van der Waals surface area contributed by atoms with Crippen LogP contribution in [0.2, 0.25) is 5.02 Å². The van der Waals surface area contributed by atoms with Crippen molar-refractivity contribution in [3.8, 4) is 17.1 Å². The number of ether oxygens (including phenoxy) is 1. The van der Waals surface area contributed by atoms with Crippen LogP contribution in [0.25, 0.3) is 39.0 Å². The van der Waals surface area contributed by atoms with E-state index in [2.05, 4.69) is 61.7 Å². The second-order valence-corrected chi connectivity index (χ2v) is 9.55. The molecule has 0 atom stereocenters. The number of halogens is 1. The lowest BCUT2D eigenvalue weighted by Gasteiger charge is -2.29. The highest BCUT2D eigenvalue weighted by Gasteiger charge is 2.24. The number of hydrogen-bond donors (Lipinski definition) is 1. The van der Waals surface area contributed by atoms with Crippen molar-refractivity contribution < 1.29 is 4.74 Å². The topological polar surface area (TPSA) is 84.8 Å². The number of para-hydroxylation sites is 1. The van der Waals surface area contributed by atoms with Crippen LogP contribution in [0.5, 0.6) is 0 Å². The van der Waals surface area contributed by atoms with Gasteiger partial charge >= 0.3 is 0 Å². The fourth-order valence-corrected chi connectivity index (χ4v) is 5.02. The molecule has 1 N–H and O–H groups in total. The molecule has 8 nitrogen and oxygen atoms in total. The SMILES string of the molecule is Cc1nnc(-c2cc(N3CCOCC3)cc3c2nc(C(C)C)n3-c2ccnc3c(Cl)cccc23)[nH]1. The molecule has 0 amide bonds. The number of aromatic nitrogens is 6. The molecular weight excluding hydrogens is 462 g/mol. The highest BCUT2D eigenvalue weighted by atomic mass is 35.5. The van der Waals surface area contributed by atoms with Crippen LogP contribution >= 0.6 is 11.6 Å². The summed E-state index contributed by atoms with van der Waals surface area (Å²) in [7, 11) is 0. The van der Waals surface area contributed by atoms with Crippen molar-refractivity contribution in [3.63, 3.8) is 0 Å². The third-order valence-electron chi connectivity index (χ3n) is 6.46. The first-order valence-electron chi connectivity index (χ1n) is 11.8. The quantitative estimate of drug-likeness (QED) is 0.371. The molecule has 4 heterocycles. The number of benzene rings is 2. The Balaban J connectivity index is 1.70. The van der Waals surface area contributed by atoms with Crippen molar-refractivity contribution in [2.24, 2.45) is 0 Å². The first kappa shape index (κ1) is 22.0. The maximum Gasteiger partial charge on any atom is 0.163 e. The molecule has 0 radical (unpaired) electrons. The van der Waals surface area contributed by atoms with Gasteiger partial charge < -0.3 is 14.6 Å². The van der Waals surface area contributed by atoms with E-state index in [1.807, 2.05) is 31.3 Å². The normalized spacial score (nSPS) is 14.5. The molecular formula is C26H26ClN7O. The fourth-order valence-electron chi connectivity index (χ4n) is 4.79. The number of nitrogens with zero attached hydrogens (tertiary/aromatic N) is 6. The molecule has 1 aliphatic heterocycles. The second kappa shape index (κ2) is 8.62. The van der Waals surface area contributed by atoms with Gasteiger partial charge in [-0.3, -0.25) is 9.55 Å². The van der Waals surface area contributed by atoms with Gasteiger partial charge in [-0.15, -0.1) is 10.2 Å². The zero-order valence-corrected chi connectivity index (χ0v) is 20.7. The summed E-state index contributed by atoms with van der Waals surface area (Å²) in [5, 5.41) is 10.2. The number of imidazole rings is 1. The van der Waals surface area contributed by atoms with E-state index in [0.717, 1.165) is 63.6 Å². The Bertz CT molecular complexity index is 1550. The van der Waals surface area contributed by atoms with Gasteiger partial charge in [-0.05, 0) is 31.2 Å². The Morgan fingerprint density at radius 3 is 2.63 bits per heavy atom. The van der Waals surface area contributed by atoms with E-state index < -0.39 is 0 Å². The summed E-state index contributed by atoms with van der Waals surface area (Å²) >= 11 is 6.52. The van der Waals surface area contributed by atoms with E-state index in [9.17, 15) is 0 Å². The number of hydrogen-bond acceptors (Lipinski definition) is 6. The first-order chi connectivity index (χ1) is 17.0. The van der Waals surface area contributed by atoms with Crippen molar-refractivity contribution >= 4 is 39.2 Å². The molecule has 5 aromatic rings. The Morgan fingerprint density at radius 1 is 1.06 bits per heavy atom. The third kappa shape index (κ3) is 3.73. The number of rotatable bonds is 4. The highest BCUT2D eigenvalue weighted by Crippen LogP contribution is 2.37. The van der Waals surface area contributed by atoms with Gasteiger partial charge in [-0.2, -0.15) is 0 Å². The molecule has 0 bridgehead atoms. The molecule has 1 aliphatic rings. The van der Waals surface area contributed by atoms with E-state index in [1.165, 1.54) is 0 Å². The van der Waals surface area contributed by atoms with Gasteiger partial charge in [-0.25, -0.2) is 4.98 Å². The van der Waals surface area contributed by atoms with Crippen LogP contribution in [0.15, 0.2) is 42.6 Å². The molecule has 178 valence electrons. The van der Waals surface area contributed by atoms with Crippen molar-refractivity contribution in [2.75, 3.05) is 31.2 Å². The molecule has 3 aromatic heterocycles. The minimum atomic E-state index is 0.181. The second-order valence-electron chi connectivity index (χ2n) is 9.15. The molecule has 35 heavy (non-hydrogen) atoms. The summed E-state index contributed by atoms with van der Waals surface area (Å²) in [6.45, 7) is 9.31. The Labute approximate surface area is 207 Å². The van der Waals surface area contributed by atoms with Gasteiger partial charge in [-0.1, -0.05) is 37.6 Å². The molecule has 9 heteroatoms. The maximum atomic E-state index is 6.52. The molecule has 0 spiro atoms. The Hall–Kier alpha value is -3.49. The summed E-state index contributed by atoms with van der Waals surface area (Å²) in [4.78, 5) is 15.4. The number of aromatic amines is 1. The van der Waals surface area contributed by atoms with Gasteiger partial charge in [0.1, 0.15) is 17.2 Å². The number of fused-ring (bicyclic) bond motifs is 2. The molecule has 6 rings (SSSR count). The van der Waals surface area contributed by atoms with Crippen LogP contribution in [0.1, 0.15) is 31.4 Å². The fraction of sp³-hybridized carbons (Fsp3) is 0.308. The van der Waals surface area contributed by atoms with Crippen LogP contribution in [0.3, 0.4) is 0 Å². The first-order valence-corrected chi connectivity index (χ1v) is 12.2. The average molecular weight is 488 g/mol. The summed E-state index contributed by atoms with van der Waals surface area (Å²) < 4.78 is 7.85. The molecule has 1 fully saturated rings. The third-order valence-corrected chi connectivity index (χ3v) is 6.76. The summed E-state index contributed by atoms with van der Waals surface area (Å²) in [6.07, 6.45) is 1.81. The largest absolute Gasteiger partial charge is 0.378 e. The van der Waals surface area contributed by atoms with E-state index >= 15 is 0 Å². The van der Waals surface area contributed by atoms with E-state index in [1.54, 1.807) is 0 Å². The zero-order chi connectivity index (χ0) is 24.1. The van der Waals surface area contributed by atoms with Gasteiger partial charge in [0.15, 0.2) is 5.82 Å². The zero-order valence-electron chi connectivity index (χ0n) is 19.9. The Morgan fingerprint density at radius 2 is 1.89 bits per heavy atom. The average Bonchev–Trinajstić information content (AvgIpc) is 3.48. The number of anilines is 1. The van der Waals surface area contributed by atoms with Crippen molar-refractivity contribution in [3.05, 3.63) is 59.3 Å². The monoisotopic (exact) mass is 487 g/mol. The van der Waals surface area contributed by atoms with Crippen molar-refractivity contribution in [1.82, 2.24) is 29.7 Å². The molecule has 0 saturated carbocycles. The number of H-pyrrole nitrogens is 1. The minimum Gasteiger partial charge on any atom is -0.378 e. The molecule has 0 aliphatic carbocycles. The minimum absolute atomic E-state index is 0.181. The van der Waals surface area contributed by atoms with Crippen LogP contribution in [-0.2, 0) is 4.74 Å². The predicted octanol–water partition coefficient (Wildman–Crippen LogP) is 5.28. The lowest BCUT2D eigenvalue weighted by Crippen LogP contribution is -2.36. The maximum absolute atomic E-state index is 6.52. The summed E-state index contributed by atoms with van der Waals surface area (Å²) in [5.41, 5.74) is 5.71. The number of nitrogens with one attached hydrogen (secondary N) is 1. The predicted molar refractivity (Wildman–Crippen MR) is 139 cm³/mol. The van der Waals surface area contributed by atoms with Crippen molar-refractivity contribution in [2.45, 2.75) is 26.7 Å². The summed E-state index contributed by atoms with van der Waals surface area (Å²) in [6, 6.07) is 12.3. The van der Waals surface area contributed by atoms with Crippen LogP contribution in [0, 0.1) is 6.92 Å². The van der Waals surface area contributed by atoms with Crippen LogP contribution < -0.4 is 4.90 Å². The van der Waals surface area contributed by atoms with Gasteiger partial charge in [0, 0.05) is 41.8 Å². The molecule has 0 unspecified atom stereocenters. The lowest BCUT2D eigenvalue weighted by molar-refractivity contribution is 0.122. The Kier molecular flexibility index (Phi) is 5.42. The highest BCUT2D eigenvalue weighted by molar-refractivity contribution is 6.35. The van der Waals surface area contributed by atoms with Gasteiger partial charge in [0.2, 0.25) is 0 Å².